The van der Waals surface area contributed by atoms with E-state index in [1.54, 1.807) is 4.90 Å². The third kappa shape index (κ3) is 2.02. The van der Waals surface area contributed by atoms with E-state index in [0.717, 1.165) is 16.9 Å². The van der Waals surface area contributed by atoms with Gasteiger partial charge in [0.05, 0.1) is 5.92 Å². The van der Waals surface area contributed by atoms with Crippen molar-refractivity contribution in [3.63, 3.8) is 0 Å². The van der Waals surface area contributed by atoms with Crippen LogP contribution in [0.15, 0.2) is 12.2 Å². The molecule has 1 saturated carbocycles. The second-order valence-electron chi connectivity index (χ2n) is 5.30. The number of carbonyl (C=O) groups excluding carboxylic acids is 2. The molecule has 2 rings (SSSR count). The smallest absolute Gasteiger partial charge is 0.316 e. The van der Waals surface area contributed by atoms with E-state index in [0.29, 0.717) is 19.4 Å². The number of fused-ring (bicyclic) bond motifs is 1. The quantitative estimate of drug-likeness (QED) is 0.707. The number of amides is 3. The molecule has 0 aromatic rings. The minimum Gasteiger partial charge on any atom is -0.316 e. The molecule has 100 valence electrons. The van der Waals surface area contributed by atoms with Crippen molar-refractivity contribution in [1.82, 2.24) is 9.80 Å². The Morgan fingerprint density at radius 1 is 1.44 bits per heavy atom. The zero-order valence-corrected chi connectivity index (χ0v) is 10.9. The first-order valence-electron chi connectivity index (χ1n) is 6.30. The molecule has 3 atom stereocenters. The summed E-state index contributed by atoms with van der Waals surface area (Å²) in [4.78, 5) is 26.8. The van der Waals surface area contributed by atoms with Crippen LogP contribution in [0.5, 0.6) is 0 Å². The van der Waals surface area contributed by atoms with Crippen molar-refractivity contribution in [2.45, 2.75) is 38.4 Å². The standard InChI is InChI=1S/C13H19FN2O2/c1-8(2)7-16-10-6-4-5-9(14)11(10)12(17)15(3)13(16)18/h9-11H,1,4-7H2,2-3H3. The van der Waals surface area contributed by atoms with Crippen molar-refractivity contribution < 1.29 is 14.0 Å². The van der Waals surface area contributed by atoms with Crippen molar-refractivity contribution in [2.24, 2.45) is 5.92 Å². The molecule has 0 spiro atoms. The maximum absolute atomic E-state index is 14.0. The van der Waals surface area contributed by atoms with Gasteiger partial charge in [0.25, 0.3) is 0 Å². The van der Waals surface area contributed by atoms with Gasteiger partial charge < -0.3 is 4.90 Å². The lowest BCUT2D eigenvalue weighted by atomic mass is 9.79. The summed E-state index contributed by atoms with van der Waals surface area (Å²) in [6.07, 6.45) is 0.693. The summed E-state index contributed by atoms with van der Waals surface area (Å²) in [5.41, 5.74) is 0.839. The molecule has 18 heavy (non-hydrogen) atoms. The summed E-state index contributed by atoms with van der Waals surface area (Å²) < 4.78 is 14.0. The van der Waals surface area contributed by atoms with Crippen molar-refractivity contribution in [3.8, 4) is 0 Å². The third-order valence-corrected chi connectivity index (χ3v) is 3.77. The largest absolute Gasteiger partial charge is 0.327 e. The van der Waals surface area contributed by atoms with Crippen molar-refractivity contribution in [3.05, 3.63) is 12.2 Å². The third-order valence-electron chi connectivity index (χ3n) is 3.77. The van der Waals surface area contributed by atoms with Crippen LogP contribution in [0, 0.1) is 5.92 Å². The molecule has 0 N–H and O–H groups in total. The predicted octanol–water partition coefficient (Wildman–Crippen LogP) is 1.96. The molecule has 0 aromatic carbocycles. The maximum Gasteiger partial charge on any atom is 0.327 e. The zero-order valence-electron chi connectivity index (χ0n) is 10.9. The number of imide groups is 1. The Morgan fingerprint density at radius 3 is 2.72 bits per heavy atom. The Morgan fingerprint density at radius 2 is 2.11 bits per heavy atom. The van der Waals surface area contributed by atoms with Crippen LogP contribution >= 0.6 is 0 Å². The molecule has 0 radical (unpaired) electrons. The second-order valence-corrected chi connectivity index (χ2v) is 5.30. The van der Waals surface area contributed by atoms with Gasteiger partial charge in [-0.25, -0.2) is 9.18 Å². The van der Waals surface area contributed by atoms with Gasteiger partial charge >= 0.3 is 6.03 Å². The van der Waals surface area contributed by atoms with E-state index in [2.05, 4.69) is 6.58 Å². The van der Waals surface area contributed by atoms with Crippen molar-refractivity contribution in [2.75, 3.05) is 13.6 Å². The summed E-state index contributed by atoms with van der Waals surface area (Å²) in [6, 6.07) is -0.639. The second kappa shape index (κ2) is 4.71. The number of hydrogen-bond acceptors (Lipinski definition) is 2. The fourth-order valence-corrected chi connectivity index (χ4v) is 2.92. The van der Waals surface area contributed by atoms with E-state index in [9.17, 15) is 14.0 Å². The molecule has 5 heteroatoms. The Kier molecular flexibility index (Phi) is 3.41. The Labute approximate surface area is 106 Å². The summed E-state index contributed by atoms with van der Waals surface area (Å²) in [7, 11) is 1.42. The lowest BCUT2D eigenvalue weighted by Gasteiger charge is -2.47. The lowest BCUT2D eigenvalue weighted by Crippen LogP contribution is -2.63. The number of halogens is 1. The van der Waals surface area contributed by atoms with Gasteiger partial charge in [0.15, 0.2) is 0 Å². The first-order valence-corrected chi connectivity index (χ1v) is 6.30. The normalized spacial score (nSPS) is 32.5. The van der Waals surface area contributed by atoms with Gasteiger partial charge in [-0.2, -0.15) is 0 Å². The molecule has 0 aromatic heterocycles. The van der Waals surface area contributed by atoms with Crippen LogP contribution in [0.3, 0.4) is 0 Å². The lowest BCUT2D eigenvalue weighted by molar-refractivity contribution is -0.142. The van der Waals surface area contributed by atoms with Gasteiger partial charge in [0.2, 0.25) is 5.91 Å². The molecular formula is C13H19FN2O2. The monoisotopic (exact) mass is 254 g/mol. The fraction of sp³-hybridized carbons (Fsp3) is 0.692. The van der Waals surface area contributed by atoms with E-state index < -0.39 is 12.1 Å². The number of alkyl halides is 1. The van der Waals surface area contributed by atoms with E-state index in [1.807, 2.05) is 6.92 Å². The van der Waals surface area contributed by atoms with Gasteiger partial charge in [0, 0.05) is 19.6 Å². The molecule has 2 fully saturated rings. The predicted molar refractivity (Wildman–Crippen MR) is 65.7 cm³/mol. The summed E-state index contributed by atoms with van der Waals surface area (Å²) >= 11 is 0. The van der Waals surface area contributed by atoms with Crippen LogP contribution in [0.2, 0.25) is 0 Å². The summed E-state index contributed by atoms with van der Waals surface area (Å²) in [6.45, 7) is 6.01. The average molecular weight is 254 g/mol. The van der Waals surface area contributed by atoms with Crippen LogP contribution in [0.4, 0.5) is 9.18 Å². The van der Waals surface area contributed by atoms with E-state index in [4.69, 9.17) is 0 Å². The van der Waals surface area contributed by atoms with Crippen LogP contribution in [-0.4, -0.2) is 47.5 Å². The van der Waals surface area contributed by atoms with Crippen LogP contribution in [0.25, 0.3) is 0 Å². The summed E-state index contributed by atoms with van der Waals surface area (Å²) in [5, 5.41) is 0. The van der Waals surface area contributed by atoms with Crippen LogP contribution < -0.4 is 0 Å². The van der Waals surface area contributed by atoms with Crippen LogP contribution in [0.1, 0.15) is 26.2 Å². The number of nitrogens with zero attached hydrogens (tertiary/aromatic N) is 2. The van der Waals surface area contributed by atoms with Gasteiger partial charge in [-0.3, -0.25) is 9.69 Å². The first-order chi connectivity index (χ1) is 8.43. The molecule has 0 bridgehead atoms. The zero-order chi connectivity index (χ0) is 13.4. The van der Waals surface area contributed by atoms with Gasteiger partial charge in [-0.15, -0.1) is 0 Å². The molecule has 3 unspecified atom stereocenters. The maximum atomic E-state index is 14.0. The Balaban J connectivity index is 2.31. The van der Waals surface area contributed by atoms with E-state index >= 15 is 0 Å². The molecule has 1 saturated heterocycles. The highest BCUT2D eigenvalue weighted by Crippen LogP contribution is 2.36. The Hall–Kier alpha value is -1.39. The summed E-state index contributed by atoms with van der Waals surface area (Å²) in [5.74, 6) is -1.07. The molecule has 1 heterocycles. The van der Waals surface area contributed by atoms with E-state index in [-0.39, 0.29) is 18.0 Å². The van der Waals surface area contributed by atoms with Crippen molar-refractivity contribution >= 4 is 11.9 Å². The van der Waals surface area contributed by atoms with Crippen molar-refractivity contribution in [1.29, 1.82) is 0 Å². The van der Waals surface area contributed by atoms with E-state index in [1.165, 1.54) is 7.05 Å². The molecule has 2 aliphatic rings. The minimum absolute atomic E-state index is 0.304. The fourth-order valence-electron chi connectivity index (χ4n) is 2.92. The Bertz CT molecular complexity index is 396. The van der Waals surface area contributed by atoms with Gasteiger partial charge in [-0.1, -0.05) is 12.2 Å². The van der Waals surface area contributed by atoms with Gasteiger partial charge in [-0.05, 0) is 26.2 Å². The topological polar surface area (TPSA) is 40.6 Å². The molecule has 1 aliphatic heterocycles. The SMILES string of the molecule is C=C(C)CN1C(=O)N(C)C(=O)C2C(F)CCCC21. The molecule has 4 nitrogen and oxygen atoms in total. The highest BCUT2D eigenvalue weighted by Gasteiger charge is 2.49. The molecule has 1 aliphatic carbocycles. The average Bonchev–Trinajstić information content (AvgIpc) is 2.31. The number of rotatable bonds is 2. The number of urea groups is 1. The molecular weight excluding hydrogens is 235 g/mol. The minimum atomic E-state index is -1.14. The number of hydrogen-bond donors (Lipinski definition) is 0. The van der Waals surface area contributed by atoms with Crippen LogP contribution in [-0.2, 0) is 4.79 Å². The van der Waals surface area contributed by atoms with Gasteiger partial charge in [0.1, 0.15) is 6.17 Å². The highest BCUT2D eigenvalue weighted by molar-refractivity contribution is 5.98. The molecule has 3 amide bonds. The first kappa shape index (κ1) is 13.1. The highest BCUT2D eigenvalue weighted by atomic mass is 19.1. The number of carbonyl (C=O) groups is 2.